The second kappa shape index (κ2) is 2.79. The Labute approximate surface area is 42.4 Å². The van der Waals surface area contributed by atoms with Crippen molar-refractivity contribution >= 4 is 0 Å². The molecule has 0 unspecified atom stereocenters. The molecule has 34 valence electrons. The van der Waals surface area contributed by atoms with Gasteiger partial charge in [-0.3, -0.25) is 0 Å². The van der Waals surface area contributed by atoms with E-state index in [-0.39, 0.29) is 12.4 Å². The van der Waals surface area contributed by atoms with Gasteiger partial charge in [0.1, 0.15) is 0 Å². The van der Waals surface area contributed by atoms with E-state index < -0.39 is 0 Å². The minimum atomic E-state index is 0. The minimum Gasteiger partial charge on any atom is -1.00 e. The van der Waals surface area contributed by atoms with Crippen LogP contribution in [0.5, 0.6) is 0 Å². The zero-order valence-corrected chi connectivity index (χ0v) is 3.85. The number of furan rings is 1. The average molecular weight is 104 g/mol. The summed E-state index contributed by atoms with van der Waals surface area (Å²) in [5.74, 6) is 0. The van der Waals surface area contributed by atoms with Gasteiger partial charge in [0.25, 0.3) is 0 Å². The maximum Gasteiger partial charge on any atom is 0.0902 e. The molecule has 6 heavy (non-hydrogen) atoms. The van der Waals surface area contributed by atoms with Gasteiger partial charge in [-0.2, -0.15) is 0 Å². The van der Waals surface area contributed by atoms with Crippen LogP contribution in [0.4, 0.5) is 0 Å². The van der Waals surface area contributed by atoms with Gasteiger partial charge in [0.05, 0.1) is 12.5 Å². The summed E-state index contributed by atoms with van der Waals surface area (Å²) < 4.78 is 4.58. The summed E-state index contributed by atoms with van der Waals surface area (Å²) >= 11 is 0. The Balaban J connectivity index is 0.000000250. The summed E-state index contributed by atoms with van der Waals surface area (Å²) in [4.78, 5) is 0. The van der Waals surface area contributed by atoms with Gasteiger partial charge in [0.15, 0.2) is 0 Å². The average Bonchev–Trinajstić information content (AvgIpc) is 1.76. The molecule has 0 spiro atoms. The fourth-order valence-corrected chi connectivity index (χ4v) is 0.227. The van der Waals surface area contributed by atoms with Crippen LogP contribution >= 0.6 is 0 Å². The lowest BCUT2D eigenvalue weighted by atomic mass is 10.7. The van der Waals surface area contributed by atoms with Crippen LogP contribution in [-0.2, 0) is 0 Å². The Bertz CT molecular complexity index is 64.0. The van der Waals surface area contributed by atoms with Crippen LogP contribution in [-0.4, -0.2) is 0 Å². The first-order chi connectivity index (χ1) is 2.50. The Hall–Kier alpha value is -0.430. The fraction of sp³-hybridized carbons (Fsp3) is 0. The predicted molar refractivity (Wildman–Crippen MR) is 18.7 cm³/mol. The van der Waals surface area contributed by atoms with Gasteiger partial charge in [0.2, 0.25) is 0 Å². The molecule has 0 saturated heterocycles. The molecule has 0 aliphatic rings. The van der Waals surface area contributed by atoms with Gasteiger partial charge in [-0.05, 0) is 12.1 Å². The zero-order chi connectivity index (χ0) is 3.54. The quantitative estimate of drug-likeness (QED) is 0.381. The molecule has 1 rings (SSSR count). The molecule has 0 radical (unpaired) electrons. The van der Waals surface area contributed by atoms with Gasteiger partial charge >= 0.3 is 0 Å². The molecular formula is C4H4ClO-. The Morgan fingerprint density at radius 1 is 1.00 bits per heavy atom. The summed E-state index contributed by atoms with van der Waals surface area (Å²) in [6, 6.07) is 3.67. The van der Waals surface area contributed by atoms with Gasteiger partial charge in [-0.15, -0.1) is 0 Å². The number of hydrogen-bond donors (Lipinski definition) is 0. The molecule has 0 bridgehead atoms. The topological polar surface area (TPSA) is 13.1 Å². The molecule has 0 atom stereocenters. The number of halogens is 1. The minimum absolute atomic E-state index is 0. The highest BCUT2D eigenvalue weighted by Crippen LogP contribution is 1.79. The first-order valence-corrected chi connectivity index (χ1v) is 1.47. The van der Waals surface area contributed by atoms with E-state index in [0.717, 1.165) is 0 Å². The normalized spacial score (nSPS) is 6.67. The predicted octanol–water partition coefficient (Wildman–Crippen LogP) is -1.72. The molecule has 0 aliphatic heterocycles. The van der Waals surface area contributed by atoms with Gasteiger partial charge in [-0.25, -0.2) is 0 Å². The summed E-state index contributed by atoms with van der Waals surface area (Å²) in [7, 11) is 0. The second-order valence-corrected chi connectivity index (χ2v) is 0.793. The third-order valence-corrected chi connectivity index (χ3v) is 0.425. The maximum absolute atomic E-state index is 4.58. The van der Waals surface area contributed by atoms with E-state index in [1.54, 1.807) is 12.5 Å². The van der Waals surface area contributed by atoms with Crippen molar-refractivity contribution in [1.29, 1.82) is 0 Å². The van der Waals surface area contributed by atoms with Crippen LogP contribution in [0, 0.1) is 0 Å². The number of rotatable bonds is 0. The van der Waals surface area contributed by atoms with Crippen LogP contribution < -0.4 is 12.4 Å². The molecule has 0 N–H and O–H groups in total. The first kappa shape index (κ1) is 5.57. The molecule has 1 aromatic heterocycles. The molecule has 0 aliphatic carbocycles. The smallest absolute Gasteiger partial charge is 0.0902 e. The zero-order valence-electron chi connectivity index (χ0n) is 3.10. The lowest BCUT2D eigenvalue weighted by molar-refractivity contribution is -0.00000141. The second-order valence-electron chi connectivity index (χ2n) is 0.793. The van der Waals surface area contributed by atoms with Crippen LogP contribution in [0.15, 0.2) is 29.1 Å². The first-order valence-electron chi connectivity index (χ1n) is 1.47. The number of hydrogen-bond acceptors (Lipinski definition) is 1. The molecule has 0 saturated carbocycles. The monoisotopic (exact) mass is 103 g/mol. The van der Waals surface area contributed by atoms with Crippen LogP contribution in [0.2, 0.25) is 0 Å². The molecule has 1 nitrogen and oxygen atoms in total. The van der Waals surface area contributed by atoms with Crippen LogP contribution in [0.25, 0.3) is 0 Å². The summed E-state index contributed by atoms with van der Waals surface area (Å²) in [5, 5.41) is 0. The van der Waals surface area contributed by atoms with Gasteiger partial charge in [0, 0.05) is 0 Å². The van der Waals surface area contributed by atoms with E-state index in [4.69, 9.17) is 0 Å². The third kappa shape index (κ3) is 1.13. The van der Waals surface area contributed by atoms with Crippen molar-refractivity contribution in [3.8, 4) is 0 Å². The highest BCUT2D eigenvalue weighted by Gasteiger charge is 1.58. The van der Waals surface area contributed by atoms with Crippen molar-refractivity contribution in [2.75, 3.05) is 0 Å². The molecule has 1 aromatic rings. The van der Waals surface area contributed by atoms with Crippen molar-refractivity contribution in [1.82, 2.24) is 0 Å². The van der Waals surface area contributed by atoms with Crippen molar-refractivity contribution < 1.29 is 16.8 Å². The highest BCUT2D eigenvalue weighted by atomic mass is 35.5. The van der Waals surface area contributed by atoms with E-state index >= 15 is 0 Å². The third-order valence-electron chi connectivity index (χ3n) is 0.425. The molecule has 2 heteroatoms. The lowest BCUT2D eigenvalue weighted by Gasteiger charge is -1.50. The van der Waals surface area contributed by atoms with Crippen molar-refractivity contribution in [3.63, 3.8) is 0 Å². The van der Waals surface area contributed by atoms with E-state index in [2.05, 4.69) is 4.42 Å². The summed E-state index contributed by atoms with van der Waals surface area (Å²) in [5.41, 5.74) is 0. The van der Waals surface area contributed by atoms with Crippen LogP contribution in [0.3, 0.4) is 0 Å². The maximum atomic E-state index is 4.58. The Morgan fingerprint density at radius 2 is 1.50 bits per heavy atom. The fourth-order valence-electron chi connectivity index (χ4n) is 0.227. The SMILES string of the molecule is [Cl-].c1ccoc1. The van der Waals surface area contributed by atoms with E-state index in [9.17, 15) is 0 Å². The van der Waals surface area contributed by atoms with E-state index in [1.807, 2.05) is 12.1 Å². The standard InChI is InChI=1S/C4H4O.ClH/c1-2-4-5-3-1;/h1-4H;1H/p-1. The Kier molecular flexibility index (Phi) is 2.59. The summed E-state index contributed by atoms with van der Waals surface area (Å²) in [6.45, 7) is 0. The van der Waals surface area contributed by atoms with E-state index in [1.165, 1.54) is 0 Å². The van der Waals surface area contributed by atoms with Crippen molar-refractivity contribution in [2.45, 2.75) is 0 Å². The summed E-state index contributed by atoms with van der Waals surface area (Å²) in [6.07, 6.45) is 3.25. The molecule has 1 heterocycles. The Morgan fingerprint density at radius 3 is 1.67 bits per heavy atom. The van der Waals surface area contributed by atoms with Gasteiger partial charge in [-0.1, -0.05) is 0 Å². The molecule has 0 aromatic carbocycles. The van der Waals surface area contributed by atoms with Crippen molar-refractivity contribution in [2.24, 2.45) is 0 Å². The van der Waals surface area contributed by atoms with E-state index in [0.29, 0.717) is 0 Å². The van der Waals surface area contributed by atoms with Crippen LogP contribution in [0.1, 0.15) is 0 Å². The molecule has 0 fully saturated rings. The van der Waals surface area contributed by atoms with Gasteiger partial charge < -0.3 is 16.8 Å². The molecule has 0 amide bonds. The largest absolute Gasteiger partial charge is 1.00 e. The lowest BCUT2D eigenvalue weighted by Crippen LogP contribution is -3.00. The van der Waals surface area contributed by atoms with Crippen molar-refractivity contribution in [3.05, 3.63) is 24.7 Å². The molecular weight excluding hydrogens is 99.5 g/mol. The highest BCUT2D eigenvalue weighted by molar-refractivity contribution is 4.79.